The minimum atomic E-state index is -0.235. The third kappa shape index (κ3) is 9.02. The van der Waals surface area contributed by atoms with Gasteiger partial charge in [-0.2, -0.15) is 0 Å². The fraction of sp³-hybridized carbons (Fsp3) is 0.133. The van der Waals surface area contributed by atoms with Crippen LogP contribution < -0.4 is 4.74 Å². The van der Waals surface area contributed by atoms with E-state index >= 15 is 0 Å². The van der Waals surface area contributed by atoms with Crippen LogP contribution in [0.25, 0.3) is 11.8 Å². The first-order valence-electron chi connectivity index (χ1n) is 11.5. The van der Waals surface area contributed by atoms with Crippen molar-refractivity contribution in [3.8, 4) is 5.75 Å². The van der Waals surface area contributed by atoms with Crippen molar-refractivity contribution in [1.29, 1.82) is 0 Å². The zero-order chi connectivity index (χ0) is 23.3. The summed E-state index contributed by atoms with van der Waals surface area (Å²) in [6.45, 7) is 6.97. The molecular weight excluding hydrogens is 452 g/mol. The summed E-state index contributed by atoms with van der Waals surface area (Å²) in [5.41, 5.74) is 3.80. The topological polar surface area (TPSA) is 9.23 Å². The van der Waals surface area contributed by atoms with Crippen LogP contribution in [0.4, 0.5) is 0 Å². The van der Waals surface area contributed by atoms with Gasteiger partial charge in [-0.3, -0.25) is 0 Å². The molecular formula is C30H32OSiTi. The SMILES string of the molecule is C(=Cc1ccccc1)C=C(Oc1ccccc1)c1ccccc1.CC1=[C]([Ti][SiH](C)C)CC=C1. The summed E-state index contributed by atoms with van der Waals surface area (Å²) in [6, 6.07) is 30.2. The predicted octanol–water partition coefficient (Wildman–Crippen LogP) is 8.11. The van der Waals surface area contributed by atoms with Gasteiger partial charge in [0.2, 0.25) is 0 Å². The zero-order valence-electron chi connectivity index (χ0n) is 19.7. The van der Waals surface area contributed by atoms with Crippen molar-refractivity contribution in [2.24, 2.45) is 0 Å². The van der Waals surface area contributed by atoms with Crippen molar-refractivity contribution >= 4 is 18.5 Å². The maximum absolute atomic E-state index is 6.05. The molecule has 0 amide bonds. The van der Waals surface area contributed by atoms with Crippen LogP contribution in [0.2, 0.25) is 13.1 Å². The van der Waals surface area contributed by atoms with Gasteiger partial charge in [0, 0.05) is 5.56 Å². The van der Waals surface area contributed by atoms with Gasteiger partial charge in [-0.05, 0) is 23.8 Å². The first-order valence-corrected chi connectivity index (χ1v) is 17.8. The molecule has 3 heteroatoms. The standard InChI is InChI=1S/C22H18O.C6H7.C2H7Si.Ti/c1-4-11-19(12-5-1)13-10-18-22(20-14-6-2-7-15-20)23-21-16-8-3-9-17-21;1-6-4-2-3-5-6;1-3-2;/h1-18H;2,4H,3H2,1H3;3H,1-2H3;. The molecule has 166 valence electrons. The normalized spacial score (nSPS) is 13.3. The van der Waals surface area contributed by atoms with Gasteiger partial charge >= 0.3 is 73.1 Å². The molecule has 0 atom stereocenters. The van der Waals surface area contributed by atoms with Crippen molar-refractivity contribution in [2.75, 3.05) is 0 Å². The van der Waals surface area contributed by atoms with Gasteiger partial charge in [0.15, 0.2) is 0 Å². The van der Waals surface area contributed by atoms with Crippen molar-refractivity contribution in [3.63, 3.8) is 0 Å². The predicted molar refractivity (Wildman–Crippen MR) is 142 cm³/mol. The van der Waals surface area contributed by atoms with E-state index in [4.69, 9.17) is 4.74 Å². The number of para-hydroxylation sites is 1. The quantitative estimate of drug-likeness (QED) is 0.187. The summed E-state index contributed by atoms with van der Waals surface area (Å²) in [4.78, 5) is 0. The number of ether oxygens (including phenoxy) is 1. The Labute approximate surface area is 209 Å². The molecule has 3 aromatic carbocycles. The van der Waals surface area contributed by atoms with Crippen LogP contribution in [0.5, 0.6) is 5.75 Å². The molecule has 0 radical (unpaired) electrons. The van der Waals surface area contributed by atoms with E-state index in [0.29, 0.717) is 18.4 Å². The number of benzene rings is 3. The van der Waals surface area contributed by atoms with Crippen molar-refractivity contribution in [2.45, 2.75) is 26.4 Å². The Bertz CT molecular complexity index is 1100. The molecule has 0 saturated carbocycles. The Kier molecular flexibility index (Phi) is 10.4. The van der Waals surface area contributed by atoms with Crippen LogP contribution in [-0.2, 0) is 18.4 Å². The van der Waals surface area contributed by atoms with Crippen molar-refractivity contribution < 1.29 is 23.1 Å². The van der Waals surface area contributed by atoms with Gasteiger partial charge < -0.3 is 4.74 Å². The first-order chi connectivity index (χ1) is 16.1. The molecule has 0 N–H and O–H groups in total. The average molecular weight is 485 g/mol. The molecule has 0 fully saturated rings. The average Bonchev–Trinajstić information content (AvgIpc) is 3.24. The molecule has 0 saturated heterocycles. The Hall–Kier alpha value is -2.65. The second-order valence-electron chi connectivity index (χ2n) is 8.15. The summed E-state index contributed by atoms with van der Waals surface area (Å²) >= 11 is 0.350. The molecule has 1 aliphatic rings. The number of allylic oxidation sites excluding steroid dienone is 6. The van der Waals surface area contributed by atoms with Crippen LogP contribution in [0, 0.1) is 0 Å². The molecule has 4 rings (SSSR count). The van der Waals surface area contributed by atoms with E-state index < -0.39 is 0 Å². The molecule has 3 aromatic rings. The van der Waals surface area contributed by atoms with Gasteiger partial charge in [0.1, 0.15) is 11.5 Å². The number of hydrogen-bond acceptors (Lipinski definition) is 1. The molecule has 0 bridgehead atoms. The third-order valence-electron chi connectivity index (χ3n) is 4.99. The third-order valence-corrected chi connectivity index (χ3v) is 11.2. The molecule has 0 aromatic heterocycles. The second-order valence-corrected chi connectivity index (χ2v) is 18.5. The number of hydrogen-bond donors (Lipinski definition) is 0. The Balaban J connectivity index is 0.000000257. The molecule has 0 spiro atoms. The molecule has 1 aliphatic carbocycles. The van der Waals surface area contributed by atoms with E-state index in [2.05, 4.69) is 50.4 Å². The molecule has 1 nitrogen and oxygen atoms in total. The van der Waals surface area contributed by atoms with Gasteiger partial charge in [0.25, 0.3) is 0 Å². The summed E-state index contributed by atoms with van der Waals surface area (Å²) in [5, 5.41) is 0. The van der Waals surface area contributed by atoms with Crippen LogP contribution in [-0.4, -0.2) is 6.66 Å². The Morgan fingerprint density at radius 2 is 1.45 bits per heavy atom. The van der Waals surface area contributed by atoms with Crippen molar-refractivity contribution in [3.05, 3.63) is 136 Å². The zero-order valence-corrected chi connectivity index (χ0v) is 22.5. The first kappa shape index (κ1) is 25.0. The monoisotopic (exact) mass is 484 g/mol. The molecule has 0 aliphatic heterocycles. The molecule has 0 heterocycles. The summed E-state index contributed by atoms with van der Waals surface area (Å²) in [7, 11) is 0. The van der Waals surface area contributed by atoms with Gasteiger partial charge in [0.05, 0.1) is 0 Å². The van der Waals surface area contributed by atoms with Crippen LogP contribution in [0.1, 0.15) is 24.5 Å². The fourth-order valence-corrected chi connectivity index (χ4v) is 9.59. The van der Waals surface area contributed by atoms with Gasteiger partial charge in [-0.15, -0.1) is 0 Å². The van der Waals surface area contributed by atoms with Crippen LogP contribution in [0.15, 0.2) is 125 Å². The van der Waals surface area contributed by atoms with Crippen LogP contribution in [0.3, 0.4) is 0 Å². The Morgan fingerprint density at radius 1 is 0.848 bits per heavy atom. The summed E-state index contributed by atoms with van der Waals surface area (Å²) < 4.78 is 7.87. The van der Waals surface area contributed by atoms with Gasteiger partial charge in [-0.25, -0.2) is 0 Å². The minimum absolute atomic E-state index is 0.235. The summed E-state index contributed by atoms with van der Waals surface area (Å²) in [5.74, 6) is 1.65. The van der Waals surface area contributed by atoms with E-state index in [-0.39, 0.29) is 6.66 Å². The van der Waals surface area contributed by atoms with E-state index in [1.807, 2.05) is 94.9 Å². The maximum atomic E-state index is 6.05. The van der Waals surface area contributed by atoms with Gasteiger partial charge in [-0.1, -0.05) is 91.0 Å². The Morgan fingerprint density at radius 3 is 2.03 bits per heavy atom. The van der Waals surface area contributed by atoms with E-state index in [9.17, 15) is 0 Å². The van der Waals surface area contributed by atoms with E-state index in [1.165, 1.54) is 6.42 Å². The second kappa shape index (κ2) is 13.8. The fourth-order valence-electron chi connectivity index (χ4n) is 3.35. The summed E-state index contributed by atoms with van der Waals surface area (Å²) in [6.07, 6.45) is 12.0. The number of rotatable bonds is 7. The van der Waals surface area contributed by atoms with E-state index in [0.717, 1.165) is 22.6 Å². The van der Waals surface area contributed by atoms with Crippen LogP contribution >= 0.6 is 0 Å². The molecule has 0 unspecified atom stereocenters. The van der Waals surface area contributed by atoms with Crippen molar-refractivity contribution in [1.82, 2.24) is 0 Å². The molecule has 33 heavy (non-hydrogen) atoms. The van der Waals surface area contributed by atoms with E-state index in [1.54, 1.807) is 5.57 Å².